The minimum Gasteiger partial charge on any atom is -0.392 e. The zero-order valence-electron chi connectivity index (χ0n) is 21.3. The van der Waals surface area contributed by atoms with E-state index in [0.717, 1.165) is 6.20 Å². The number of rotatable bonds is 9. The number of aliphatic hydroxyl groups excluding tert-OH is 1. The minimum atomic E-state index is -4.62. The van der Waals surface area contributed by atoms with Crippen molar-refractivity contribution in [3.63, 3.8) is 0 Å². The fraction of sp³-hybridized carbons (Fsp3) is 0.320. The van der Waals surface area contributed by atoms with Gasteiger partial charge in [-0.15, -0.1) is 0 Å². The smallest absolute Gasteiger partial charge is 0.392 e. The number of alkyl halides is 3. The highest BCUT2D eigenvalue weighted by atomic mass is 35.5. The van der Waals surface area contributed by atoms with Crippen LogP contribution in [-0.2, 0) is 11.0 Å². The van der Waals surface area contributed by atoms with Gasteiger partial charge >= 0.3 is 6.18 Å². The van der Waals surface area contributed by atoms with E-state index in [0.29, 0.717) is 38.2 Å². The van der Waals surface area contributed by atoms with E-state index in [2.05, 4.69) is 36.3 Å². The third-order valence-corrected chi connectivity index (χ3v) is 6.78. The van der Waals surface area contributed by atoms with Crippen molar-refractivity contribution in [1.82, 2.24) is 40.5 Å². The van der Waals surface area contributed by atoms with Crippen LogP contribution in [0.2, 0.25) is 5.02 Å². The first-order valence-electron chi connectivity index (χ1n) is 12.6. The second kappa shape index (κ2) is 11.7. The van der Waals surface area contributed by atoms with E-state index >= 15 is 0 Å². The topological polar surface area (TPSA) is 161 Å². The number of aromatic nitrogens is 5. The van der Waals surface area contributed by atoms with Crippen molar-refractivity contribution in [3.05, 3.63) is 59.3 Å². The Balaban J connectivity index is 1.20. The average Bonchev–Trinajstić information content (AvgIpc) is 3.68. The summed E-state index contributed by atoms with van der Waals surface area (Å²) in [7, 11) is 0. The summed E-state index contributed by atoms with van der Waals surface area (Å²) >= 11 is 6.36. The molecular formula is C25H25ClF3N9O3. The van der Waals surface area contributed by atoms with Crippen molar-refractivity contribution in [2.24, 2.45) is 0 Å². The zero-order chi connectivity index (χ0) is 29.1. The van der Waals surface area contributed by atoms with Gasteiger partial charge in [0.1, 0.15) is 5.69 Å². The molecule has 0 spiro atoms. The second-order valence-electron chi connectivity index (χ2n) is 9.34. The summed E-state index contributed by atoms with van der Waals surface area (Å²) in [4.78, 5) is 33.1. The lowest BCUT2D eigenvalue weighted by Crippen LogP contribution is -2.41. The number of H-pyrrole nitrogens is 1. The molecule has 41 heavy (non-hydrogen) atoms. The Bertz CT molecular complexity index is 1570. The van der Waals surface area contributed by atoms with Crippen LogP contribution in [0.25, 0.3) is 16.9 Å². The van der Waals surface area contributed by atoms with Crippen LogP contribution < -0.4 is 21.3 Å². The van der Waals surface area contributed by atoms with Crippen molar-refractivity contribution < 1.29 is 27.9 Å². The first-order chi connectivity index (χ1) is 19.6. The number of benzene rings is 1. The Morgan fingerprint density at radius 1 is 1.17 bits per heavy atom. The average molecular weight is 592 g/mol. The fourth-order valence-electron chi connectivity index (χ4n) is 4.45. The Kier molecular flexibility index (Phi) is 8.10. The summed E-state index contributed by atoms with van der Waals surface area (Å²) in [6.07, 6.45) is 0.990. The van der Waals surface area contributed by atoms with E-state index in [4.69, 9.17) is 11.6 Å². The summed E-state index contributed by atoms with van der Waals surface area (Å²) in [6, 6.07) is 4.24. The van der Waals surface area contributed by atoms with Crippen molar-refractivity contribution in [2.45, 2.75) is 31.2 Å². The minimum absolute atomic E-state index is 0.159. The van der Waals surface area contributed by atoms with Gasteiger partial charge in [0, 0.05) is 37.7 Å². The molecule has 2 atom stereocenters. The molecule has 0 aliphatic carbocycles. The van der Waals surface area contributed by atoms with Crippen LogP contribution in [0.3, 0.4) is 0 Å². The van der Waals surface area contributed by atoms with Gasteiger partial charge in [0.2, 0.25) is 5.91 Å². The lowest BCUT2D eigenvalue weighted by molar-refractivity contribution is -0.140. The number of carbonyl (C=O) groups excluding carboxylic acids is 2. The molecular weight excluding hydrogens is 567 g/mol. The number of amides is 2. The molecule has 1 aromatic carbocycles. The Morgan fingerprint density at radius 3 is 2.71 bits per heavy atom. The largest absolute Gasteiger partial charge is 0.433 e. The predicted molar refractivity (Wildman–Crippen MR) is 143 cm³/mol. The van der Waals surface area contributed by atoms with E-state index in [-0.39, 0.29) is 39.2 Å². The highest BCUT2D eigenvalue weighted by Crippen LogP contribution is 2.36. The molecule has 1 fully saturated rings. The maximum atomic E-state index is 13.4. The predicted octanol–water partition coefficient (Wildman–Crippen LogP) is 2.49. The molecule has 4 heterocycles. The molecule has 5 rings (SSSR count). The molecule has 4 aromatic rings. The van der Waals surface area contributed by atoms with Gasteiger partial charge in [-0.1, -0.05) is 11.6 Å². The second-order valence-corrected chi connectivity index (χ2v) is 9.75. The SMILES string of the molecule is O=C(NCCCNC(=O)[C@@H]1C[C@@H](O)CN1)c1ccc(Nc2nccn3c(-c4cn[nH]c4C(F)(F)F)cnc23)cc1Cl. The van der Waals surface area contributed by atoms with Gasteiger partial charge in [-0.05, 0) is 31.0 Å². The molecule has 12 nitrogen and oxygen atoms in total. The molecule has 3 aromatic heterocycles. The number of imidazole rings is 1. The van der Waals surface area contributed by atoms with Gasteiger partial charge in [-0.2, -0.15) is 18.3 Å². The molecule has 0 unspecified atom stereocenters. The van der Waals surface area contributed by atoms with E-state index in [1.807, 2.05) is 5.10 Å². The molecule has 0 radical (unpaired) electrons. The van der Waals surface area contributed by atoms with Crippen LogP contribution in [0.5, 0.6) is 0 Å². The standard InChI is InChI=1S/C25H25ClF3N9O3/c26-17-8-13(2-3-15(17)23(40)31-4-1-5-32-24(41)18-9-14(39)10-33-18)36-21-22-34-12-19(38(22)7-6-30-21)16-11-35-37-20(16)25(27,28)29/h2-3,6-8,11-12,14,18,33,39H,1,4-5,9-10H2,(H,30,36)(H,31,40)(H,32,41)(H,35,37)/t14-,18+/m1/s1. The molecule has 1 aliphatic rings. The maximum Gasteiger partial charge on any atom is 0.433 e. The first-order valence-corrected chi connectivity index (χ1v) is 13.0. The number of anilines is 2. The third kappa shape index (κ3) is 6.26. The molecule has 6 N–H and O–H groups in total. The number of nitrogens with one attached hydrogen (secondary N) is 5. The van der Waals surface area contributed by atoms with Gasteiger partial charge in [-0.3, -0.25) is 19.1 Å². The number of aromatic amines is 1. The number of halogens is 4. The van der Waals surface area contributed by atoms with Crippen LogP contribution in [0.4, 0.5) is 24.7 Å². The number of fused-ring (bicyclic) bond motifs is 1. The Labute approximate surface area is 235 Å². The third-order valence-electron chi connectivity index (χ3n) is 6.47. The first kappa shape index (κ1) is 28.3. The van der Waals surface area contributed by atoms with Crippen LogP contribution in [0.15, 0.2) is 43.0 Å². The van der Waals surface area contributed by atoms with E-state index in [9.17, 15) is 27.9 Å². The van der Waals surface area contributed by atoms with Crippen molar-refractivity contribution >= 4 is 40.6 Å². The number of nitrogens with zero attached hydrogens (tertiary/aromatic N) is 4. The van der Waals surface area contributed by atoms with Crippen LogP contribution in [0, 0.1) is 0 Å². The fourth-order valence-corrected chi connectivity index (χ4v) is 4.72. The molecule has 2 amide bonds. The zero-order valence-corrected chi connectivity index (χ0v) is 22.1. The summed E-state index contributed by atoms with van der Waals surface area (Å²) in [5.74, 6) is -0.330. The normalized spacial score (nSPS) is 17.1. The molecule has 16 heteroatoms. The molecule has 216 valence electrons. The van der Waals surface area contributed by atoms with Gasteiger partial charge in [0.15, 0.2) is 11.5 Å². The number of carbonyl (C=O) groups is 2. The number of aliphatic hydroxyl groups is 1. The highest BCUT2D eigenvalue weighted by Gasteiger charge is 2.36. The maximum absolute atomic E-state index is 13.4. The Morgan fingerprint density at radius 2 is 1.98 bits per heavy atom. The van der Waals surface area contributed by atoms with Crippen LogP contribution in [0.1, 0.15) is 28.9 Å². The summed E-state index contributed by atoms with van der Waals surface area (Å²) in [5.41, 5.74) is 0.00210. The summed E-state index contributed by atoms with van der Waals surface area (Å²) < 4.78 is 41.6. The summed E-state index contributed by atoms with van der Waals surface area (Å²) in [5, 5.41) is 26.7. The van der Waals surface area contributed by atoms with Gasteiger partial charge in [0.25, 0.3) is 5.91 Å². The van der Waals surface area contributed by atoms with Crippen LogP contribution >= 0.6 is 11.6 Å². The molecule has 0 bridgehead atoms. The highest BCUT2D eigenvalue weighted by molar-refractivity contribution is 6.34. The van der Waals surface area contributed by atoms with E-state index < -0.39 is 29.9 Å². The monoisotopic (exact) mass is 591 g/mol. The van der Waals surface area contributed by atoms with Crippen molar-refractivity contribution in [2.75, 3.05) is 25.0 Å². The molecule has 1 aliphatic heterocycles. The lowest BCUT2D eigenvalue weighted by Gasteiger charge is -2.12. The van der Waals surface area contributed by atoms with Crippen LogP contribution in [-0.4, -0.2) is 73.3 Å². The Hall–Kier alpha value is -4.21. The van der Waals surface area contributed by atoms with E-state index in [1.54, 1.807) is 6.07 Å². The molecule has 0 saturated carbocycles. The van der Waals surface area contributed by atoms with Crippen molar-refractivity contribution in [1.29, 1.82) is 0 Å². The molecule has 1 saturated heterocycles. The lowest BCUT2D eigenvalue weighted by atomic mass is 10.2. The number of β-amino-alcohol motifs (C(OH)–C–C–N with tert-alkyl or cyclic N) is 1. The number of hydrogen-bond donors (Lipinski definition) is 6. The van der Waals surface area contributed by atoms with Gasteiger partial charge in [0.05, 0.1) is 46.4 Å². The van der Waals surface area contributed by atoms with Crippen molar-refractivity contribution in [3.8, 4) is 11.3 Å². The summed E-state index contributed by atoms with van der Waals surface area (Å²) in [6.45, 7) is 1.05. The number of hydrogen-bond acceptors (Lipinski definition) is 8. The quantitative estimate of drug-likeness (QED) is 0.162. The van der Waals surface area contributed by atoms with Gasteiger partial charge in [-0.25, -0.2) is 9.97 Å². The van der Waals surface area contributed by atoms with Gasteiger partial charge < -0.3 is 26.4 Å². The van der Waals surface area contributed by atoms with E-state index in [1.165, 1.54) is 35.1 Å².